The van der Waals surface area contributed by atoms with E-state index < -0.39 is 16.9 Å². The van der Waals surface area contributed by atoms with E-state index in [4.69, 9.17) is 18.9 Å². The number of methoxy groups -OCH3 is 2. The maximum atomic E-state index is 12.5. The number of carbonyl (C=O) groups excluding carboxylic acids is 2. The van der Waals surface area contributed by atoms with E-state index >= 15 is 0 Å². The number of ether oxygens (including phenoxy) is 4. The molecule has 10 nitrogen and oxygen atoms in total. The van der Waals surface area contributed by atoms with Crippen LogP contribution in [0.1, 0.15) is 0 Å². The van der Waals surface area contributed by atoms with Gasteiger partial charge in [0.25, 0.3) is 5.69 Å². The summed E-state index contributed by atoms with van der Waals surface area (Å²) in [7, 11) is 2.30. The molecule has 2 aliphatic heterocycles. The highest BCUT2D eigenvalue weighted by molar-refractivity contribution is 6.06. The van der Waals surface area contributed by atoms with Crippen LogP contribution in [0.3, 0.4) is 0 Å². The van der Waals surface area contributed by atoms with Gasteiger partial charge in [0.2, 0.25) is 0 Å². The Hall–Kier alpha value is -3.82. The topological polar surface area (TPSA) is 117 Å². The normalized spacial score (nSPS) is 15.1. The van der Waals surface area contributed by atoms with E-state index in [2.05, 4.69) is 0 Å². The van der Waals surface area contributed by atoms with Crippen LogP contribution in [-0.4, -0.2) is 44.3 Å². The summed E-state index contributed by atoms with van der Waals surface area (Å²) in [4.78, 5) is 36.9. The van der Waals surface area contributed by atoms with Crippen LogP contribution in [0, 0.1) is 10.1 Å². The van der Waals surface area contributed by atoms with Gasteiger partial charge in [0.05, 0.1) is 30.8 Å². The summed E-state index contributed by atoms with van der Waals surface area (Å²) in [5, 5.41) is 11.7. The number of allylic oxidation sites excluding steroid dienone is 2. The molecular formula is C18H16N2O8. The Morgan fingerprint density at radius 2 is 1.71 bits per heavy atom. The fourth-order valence-electron chi connectivity index (χ4n) is 2.76. The van der Waals surface area contributed by atoms with E-state index in [1.165, 1.54) is 41.5 Å². The third kappa shape index (κ3) is 3.39. The molecule has 0 aliphatic carbocycles. The number of anilines is 1. The zero-order valence-electron chi connectivity index (χ0n) is 15.0. The molecule has 0 saturated heterocycles. The number of benzene rings is 1. The highest BCUT2D eigenvalue weighted by Gasteiger charge is 2.33. The van der Waals surface area contributed by atoms with Crippen LogP contribution in [0.2, 0.25) is 0 Å². The average Bonchev–Trinajstić information content (AvgIpc) is 2.94. The molecule has 10 heteroatoms. The van der Waals surface area contributed by atoms with Crippen molar-refractivity contribution in [2.45, 2.75) is 0 Å². The Morgan fingerprint density at radius 3 is 2.32 bits per heavy atom. The van der Waals surface area contributed by atoms with Crippen molar-refractivity contribution >= 4 is 23.3 Å². The molecule has 0 saturated carbocycles. The molecule has 146 valence electrons. The minimum Gasteiger partial charge on any atom is -0.486 e. The van der Waals surface area contributed by atoms with Gasteiger partial charge in [-0.25, -0.2) is 9.59 Å². The standard InChI is InChI=1S/C18H16N2O8/c1-25-17(21)11-5-3-4-6-19(16(11)18(22)26-2)12-9-14-15(28-8-7-27-14)10-13(12)20(23)24/h3-6,9-10H,7-8H2,1-2H3. The van der Waals surface area contributed by atoms with Gasteiger partial charge in [-0.2, -0.15) is 0 Å². The zero-order valence-corrected chi connectivity index (χ0v) is 15.0. The molecular weight excluding hydrogens is 372 g/mol. The van der Waals surface area contributed by atoms with Crippen LogP contribution in [0.15, 0.2) is 47.8 Å². The minimum atomic E-state index is -0.874. The van der Waals surface area contributed by atoms with Gasteiger partial charge in [-0.15, -0.1) is 0 Å². The van der Waals surface area contributed by atoms with Gasteiger partial charge < -0.3 is 23.8 Å². The van der Waals surface area contributed by atoms with E-state index in [-0.39, 0.29) is 47.4 Å². The third-order valence-corrected chi connectivity index (χ3v) is 3.98. The van der Waals surface area contributed by atoms with E-state index in [9.17, 15) is 19.7 Å². The maximum Gasteiger partial charge on any atom is 0.355 e. The van der Waals surface area contributed by atoms with E-state index in [1.54, 1.807) is 0 Å². The van der Waals surface area contributed by atoms with E-state index in [0.717, 1.165) is 14.2 Å². The number of nitro benzene ring substituents is 1. The lowest BCUT2D eigenvalue weighted by Gasteiger charge is -2.25. The number of hydrogen-bond donors (Lipinski definition) is 0. The van der Waals surface area contributed by atoms with Crippen LogP contribution < -0.4 is 14.4 Å². The number of nitro groups is 1. The predicted molar refractivity (Wildman–Crippen MR) is 95.9 cm³/mol. The first-order valence-electron chi connectivity index (χ1n) is 8.11. The highest BCUT2D eigenvalue weighted by atomic mass is 16.6. The van der Waals surface area contributed by atoms with Crippen molar-refractivity contribution in [3.63, 3.8) is 0 Å². The minimum absolute atomic E-state index is 0.00370. The molecule has 2 aliphatic rings. The Balaban J connectivity index is 2.26. The second kappa shape index (κ2) is 7.82. The predicted octanol–water partition coefficient (Wildman–Crippen LogP) is 1.86. The summed E-state index contributed by atoms with van der Waals surface area (Å²) in [6.07, 6.45) is 5.77. The van der Waals surface area contributed by atoms with Crippen molar-refractivity contribution in [1.82, 2.24) is 0 Å². The van der Waals surface area contributed by atoms with Gasteiger partial charge in [0, 0.05) is 12.3 Å². The first-order chi connectivity index (χ1) is 13.5. The second-order valence-electron chi connectivity index (χ2n) is 5.56. The lowest BCUT2D eigenvalue weighted by molar-refractivity contribution is -0.384. The molecule has 1 aromatic rings. The molecule has 28 heavy (non-hydrogen) atoms. The number of rotatable bonds is 4. The van der Waals surface area contributed by atoms with Gasteiger partial charge in [0.1, 0.15) is 24.6 Å². The lowest BCUT2D eigenvalue weighted by Crippen LogP contribution is -2.27. The van der Waals surface area contributed by atoms with Crippen molar-refractivity contribution in [1.29, 1.82) is 0 Å². The largest absolute Gasteiger partial charge is 0.486 e. The first kappa shape index (κ1) is 19.0. The quantitative estimate of drug-likeness (QED) is 0.432. The molecule has 2 heterocycles. The molecule has 0 fully saturated rings. The maximum absolute atomic E-state index is 12.5. The van der Waals surface area contributed by atoms with Gasteiger partial charge in [0.15, 0.2) is 11.5 Å². The van der Waals surface area contributed by atoms with Crippen LogP contribution in [0.4, 0.5) is 11.4 Å². The van der Waals surface area contributed by atoms with Crippen LogP contribution in [0.5, 0.6) is 11.5 Å². The van der Waals surface area contributed by atoms with Crippen molar-refractivity contribution in [3.8, 4) is 11.5 Å². The Morgan fingerprint density at radius 1 is 1.07 bits per heavy atom. The van der Waals surface area contributed by atoms with Crippen LogP contribution >= 0.6 is 0 Å². The molecule has 0 bridgehead atoms. The van der Waals surface area contributed by atoms with Gasteiger partial charge in [-0.05, 0) is 12.2 Å². The molecule has 0 atom stereocenters. The Labute approximate surface area is 159 Å². The molecule has 0 spiro atoms. The molecule has 1 aromatic carbocycles. The fraction of sp³-hybridized carbons (Fsp3) is 0.222. The summed E-state index contributed by atoms with van der Waals surface area (Å²) in [5.41, 5.74) is -0.708. The van der Waals surface area contributed by atoms with Crippen molar-refractivity contribution < 1.29 is 33.5 Å². The molecule has 0 N–H and O–H groups in total. The van der Waals surface area contributed by atoms with Gasteiger partial charge in [-0.3, -0.25) is 10.1 Å². The lowest BCUT2D eigenvalue weighted by atomic mass is 10.1. The summed E-state index contributed by atoms with van der Waals surface area (Å²) in [6.45, 7) is 0.533. The summed E-state index contributed by atoms with van der Waals surface area (Å²) < 4.78 is 20.4. The van der Waals surface area contributed by atoms with Crippen molar-refractivity contribution in [3.05, 3.63) is 57.9 Å². The smallest absolute Gasteiger partial charge is 0.355 e. The van der Waals surface area contributed by atoms with E-state index in [0.29, 0.717) is 0 Å². The molecule has 0 amide bonds. The number of nitrogens with zero attached hydrogens (tertiary/aromatic N) is 2. The number of carbonyl (C=O) groups is 2. The number of fused-ring (bicyclic) bond motifs is 1. The summed E-state index contributed by atoms with van der Waals surface area (Å²) in [5.74, 6) is -1.18. The van der Waals surface area contributed by atoms with Gasteiger partial charge >= 0.3 is 11.9 Å². The Bertz CT molecular complexity index is 932. The Kier molecular flexibility index (Phi) is 5.30. The molecule has 0 radical (unpaired) electrons. The fourth-order valence-corrected chi connectivity index (χ4v) is 2.76. The summed E-state index contributed by atoms with van der Waals surface area (Å²) >= 11 is 0. The van der Waals surface area contributed by atoms with E-state index in [1.807, 2.05) is 0 Å². The van der Waals surface area contributed by atoms with Crippen LogP contribution in [0.25, 0.3) is 0 Å². The molecule has 3 rings (SSSR count). The molecule has 0 unspecified atom stereocenters. The van der Waals surface area contributed by atoms with Crippen molar-refractivity contribution in [2.24, 2.45) is 0 Å². The highest BCUT2D eigenvalue weighted by Crippen LogP contribution is 2.43. The SMILES string of the molecule is COC(=O)C1=C(C(=O)OC)N(c2cc3c(cc2[N+](=O)[O-])OCCO3)C=CC=C1. The summed E-state index contributed by atoms with van der Waals surface area (Å²) in [6, 6.07) is 2.59. The first-order valence-corrected chi connectivity index (χ1v) is 8.11. The van der Waals surface area contributed by atoms with Gasteiger partial charge in [-0.1, -0.05) is 6.08 Å². The zero-order chi connectivity index (χ0) is 20.3. The second-order valence-corrected chi connectivity index (χ2v) is 5.56. The third-order valence-electron chi connectivity index (χ3n) is 3.98. The van der Waals surface area contributed by atoms with Crippen LogP contribution in [-0.2, 0) is 19.1 Å². The molecule has 0 aromatic heterocycles. The average molecular weight is 388 g/mol. The monoisotopic (exact) mass is 388 g/mol. The number of hydrogen-bond acceptors (Lipinski definition) is 9. The number of esters is 2. The van der Waals surface area contributed by atoms with Crippen molar-refractivity contribution in [2.75, 3.05) is 32.3 Å².